The molecule has 0 aromatic heterocycles. The number of rotatable bonds is 2. The summed E-state index contributed by atoms with van der Waals surface area (Å²) in [4.78, 5) is 11.2. The summed E-state index contributed by atoms with van der Waals surface area (Å²) in [6.45, 7) is 0.431. The van der Waals surface area contributed by atoms with Crippen molar-refractivity contribution in [3.05, 3.63) is 32.9 Å². The lowest BCUT2D eigenvalue weighted by molar-refractivity contribution is 0.0599. The summed E-state index contributed by atoms with van der Waals surface area (Å²) >= 11 is 2.09. The molecule has 0 spiro atoms. The zero-order valence-corrected chi connectivity index (χ0v) is 9.37. The molecule has 0 radical (unpaired) electrons. The third-order valence-corrected chi connectivity index (χ3v) is 2.61. The van der Waals surface area contributed by atoms with Gasteiger partial charge in [0.05, 0.1) is 12.7 Å². The van der Waals surface area contributed by atoms with E-state index in [9.17, 15) is 4.79 Å². The molecule has 1 rings (SSSR count). The smallest absolute Gasteiger partial charge is 0.338 e. The Morgan fingerprint density at radius 3 is 2.85 bits per heavy atom. The summed E-state index contributed by atoms with van der Waals surface area (Å²) in [6, 6.07) is 5.51. The number of carbonyl (C=O) groups excluding carboxylic acids is 1. The largest absolute Gasteiger partial charge is 0.465 e. The SMILES string of the molecule is COC(=O)c1cc(CN)ccc1I. The second-order valence-corrected chi connectivity index (χ2v) is 3.67. The van der Waals surface area contributed by atoms with Gasteiger partial charge in [0.1, 0.15) is 0 Å². The normalized spacial score (nSPS) is 9.77. The predicted octanol–water partition coefficient (Wildman–Crippen LogP) is 1.54. The zero-order valence-electron chi connectivity index (χ0n) is 7.21. The maximum absolute atomic E-state index is 11.2. The van der Waals surface area contributed by atoms with E-state index in [4.69, 9.17) is 5.73 Å². The molecule has 1 aromatic rings. The van der Waals surface area contributed by atoms with Gasteiger partial charge in [0.25, 0.3) is 0 Å². The summed E-state index contributed by atoms with van der Waals surface area (Å²) in [5.41, 5.74) is 6.96. The van der Waals surface area contributed by atoms with Crippen LogP contribution < -0.4 is 5.73 Å². The highest BCUT2D eigenvalue weighted by Crippen LogP contribution is 2.15. The number of ether oxygens (including phenoxy) is 1. The minimum atomic E-state index is -0.320. The first-order chi connectivity index (χ1) is 6.19. The number of halogens is 1. The zero-order chi connectivity index (χ0) is 9.84. The van der Waals surface area contributed by atoms with Gasteiger partial charge in [-0.3, -0.25) is 0 Å². The molecular formula is C9H10INO2. The number of nitrogens with two attached hydrogens (primary N) is 1. The van der Waals surface area contributed by atoms with Gasteiger partial charge in [0, 0.05) is 10.1 Å². The fraction of sp³-hybridized carbons (Fsp3) is 0.222. The maximum Gasteiger partial charge on any atom is 0.338 e. The van der Waals surface area contributed by atoms with E-state index in [0.717, 1.165) is 9.13 Å². The molecule has 4 heteroatoms. The lowest BCUT2D eigenvalue weighted by atomic mass is 10.1. The van der Waals surface area contributed by atoms with Gasteiger partial charge in [0.2, 0.25) is 0 Å². The Morgan fingerprint density at radius 1 is 1.62 bits per heavy atom. The van der Waals surface area contributed by atoms with Crippen LogP contribution in [0.2, 0.25) is 0 Å². The lowest BCUT2D eigenvalue weighted by Crippen LogP contribution is -2.06. The summed E-state index contributed by atoms with van der Waals surface area (Å²) in [7, 11) is 1.37. The van der Waals surface area contributed by atoms with Gasteiger partial charge in [-0.25, -0.2) is 4.79 Å². The molecule has 0 aliphatic carbocycles. The van der Waals surface area contributed by atoms with Crippen LogP contribution >= 0.6 is 22.6 Å². The van der Waals surface area contributed by atoms with E-state index in [2.05, 4.69) is 27.3 Å². The quantitative estimate of drug-likeness (QED) is 0.664. The minimum Gasteiger partial charge on any atom is -0.465 e. The van der Waals surface area contributed by atoms with E-state index in [0.29, 0.717) is 12.1 Å². The summed E-state index contributed by atoms with van der Waals surface area (Å²) in [5.74, 6) is -0.320. The van der Waals surface area contributed by atoms with Crippen molar-refractivity contribution < 1.29 is 9.53 Å². The van der Waals surface area contributed by atoms with E-state index in [-0.39, 0.29) is 5.97 Å². The summed E-state index contributed by atoms with van der Waals surface area (Å²) in [6.07, 6.45) is 0. The molecule has 0 bridgehead atoms. The van der Waals surface area contributed by atoms with Crippen LogP contribution in [0.4, 0.5) is 0 Å². The number of methoxy groups -OCH3 is 1. The van der Waals surface area contributed by atoms with Gasteiger partial charge in [-0.05, 0) is 40.3 Å². The van der Waals surface area contributed by atoms with Crippen LogP contribution in [-0.2, 0) is 11.3 Å². The van der Waals surface area contributed by atoms with Crippen LogP contribution in [0.1, 0.15) is 15.9 Å². The molecule has 0 aliphatic heterocycles. The number of hydrogen-bond acceptors (Lipinski definition) is 3. The molecule has 0 atom stereocenters. The Kier molecular flexibility index (Phi) is 3.68. The van der Waals surface area contributed by atoms with Gasteiger partial charge in [0.15, 0.2) is 0 Å². The molecular weight excluding hydrogens is 281 g/mol. The van der Waals surface area contributed by atoms with Crippen molar-refractivity contribution in [3.63, 3.8) is 0 Å². The number of hydrogen-bond donors (Lipinski definition) is 1. The van der Waals surface area contributed by atoms with Gasteiger partial charge in [-0.15, -0.1) is 0 Å². The molecule has 0 fully saturated rings. The Morgan fingerprint density at radius 2 is 2.31 bits per heavy atom. The van der Waals surface area contributed by atoms with Crippen molar-refractivity contribution in [2.75, 3.05) is 7.11 Å². The Labute approximate surface area is 90.4 Å². The first kappa shape index (κ1) is 10.5. The van der Waals surface area contributed by atoms with Crippen LogP contribution in [0.3, 0.4) is 0 Å². The first-order valence-electron chi connectivity index (χ1n) is 3.76. The molecule has 0 heterocycles. The fourth-order valence-corrected chi connectivity index (χ4v) is 1.52. The number of carbonyl (C=O) groups is 1. The third kappa shape index (κ3) is 2.41. The number of benzene rings is 1. The minimum absolute atomic E-state index is 0.320. The van der Waals surface area contributed by atoms with Crippen molar-refractivity contribution in [1.29, 1.82) is 0 Å². The van der Waals surface area contributed by atoms with Gasteiger partial charge >= 0.3 is 5.97 Å². The molecule has 13 heavy (non-hydrogen) atoms. The van der Waals surface area contributed by atoms with Crippen molar-refractivity contribution in [1.82, 2.24) is 0 Å². The topological polar surface area (TPSA) is 52.3 Å². The first-order valence-corrected chi connectivity index (χ1v) is 4.83. The predicted molar refractivity (Wildman–Crippen MR) is 58.4 cm³/mol. The third-order valence-electron chi connectivity index (χ3n) is 1.67. The van der Waals surface area contributed by atoms with Crippen molar-refractivity contribution in [2.45, 2.75) is 6.54 Å². The Balaban J connectivity index is 3.11. The standard InChI is InChI=1S/C9H10INO2/c1-13-9(12)7-4-6(5-11)2-3-8(7)10/h2-4H,5,11H2,1H3. The second-order valence-electron chi connectivity index (χ2n) is 2.51. The molecule has 2 N–H and O–H groups in total. The Bertz CT molecular complexity index is 325. The van der Waals surface area contributed by atoms with Crippen LogP contribution in [0, 0.1) is 3.57 Å². The molecule has 0 saturated heterocycles. The van der Waals surface area contributed by atoms with Gasteiger partial charge in [-0.2, -0.15) is 0 Å². The van der Waals surface area contributed by atoms with Crippen LogP contribution in [0.25, 0.3) is 0 Å². The highest BCUT2D eigenvalue weighted by Gasteiger charge is 2.09. The van der Waals surface area contributed by atoms with E-state index in [1.807, 2.05) is 12.1 Å². The van der Waals surface area contributed by atoms with Gasteiger partial charge in [-0.1, -0.05) is 6.07 Å². The van der Waals surface area contributed by atoms with Crippen molar-refractivity contribution in [3.8, 4) is 0 Å². The van der Waals surface area contributed by atoms with E-state index < -0.39 is 0 Å². The second kappa shape index (κ2) is 4.57. The molecule has 0 amide bonds. The Hall–Kier alpha value is -0.620. The lowest BCUT2D eigenvalue weighted by Gasteiger charge is -2.04. The number of esters is 1. The molecule has 3 nitrogen and oxygen atoms in total. The summed E-state index contributed by atoms with van der Waals surface area (Å²) < 4.78 is 5.51. The van der Waals surface area contributed by atoms with Crippen molar-refractivity contribution >= 4 is 28.6 Å². The average Bonchev–Trinajstić information content (AvgIpc) is 2.17. The van der Waals surface area contributed by atoms with Crippen LogP contribution in [0.5, 0.6) is 0 Å². The van der Waals surface area contributed by atoms with E-state index in [1.165, 1.54) is 7.11 Å². The monoisotopic (exact) mass is 291 g/mol. The highest BCUT2D eigenvalue weighted by atomic mass is 127. The molecule has 70 valence electrons. The molecule has 0 unspecified atom stereocenters. The van der Waals surface area contributed by atoms with Crippen LogP contribution in [-0.4, -0.2) is 13.1 Å². The van der Waals surface area contributed by atoms with Crippen LogP contribution in [0.15, 0.2) is 18.2 Å². The average molecular weight is 291 g/mol. The highest BCUT2D eigenvalue weighted by molar-refractivity contribution is 14.1. The van der Waals surface area contributed by atoms with Gasteiger partial charge < -0.3 is 10.5 Å². The molecule has 0 saturated carbocycles. The maximum atomic E-state index is 11.2. The van der Waals surface area contributed by atoms with E-state index >= 15 is 0 Å². The van der Waals surface area contributed by atoms with Crippen molar-refractivity contribution in [2.24, 2.45) is 5.73 Å². The molecule has 1 aromatic carbocycles. The fourth-order valence-electron chi connectivity index (χ4n) is 0.966. The van der Waals surface area contributed by atoms with E-state index in [1.54, 1.807) is 6.07 Å². The summed E-state index contributed by atoms with van der Waals surface area (Å²) in [5, 5.41) is 0. The molecule has 0 aliphatic rings.